The molecule has 1 aliphatic heterocycles. The lowest BCUT2D eigenvalue weighted by Crippen LogP contribution is -2.29. The number of unbranched alkanes of at least 4 members (excludes halogenated alkanes) is 1. The molecule has 2 aromatic carbocycles. The summed E-state index contributed by atoms with van der Waals surface area (Å²) in [7, 11) is 0. The van der Waals surface area contributed by atoms with E-state index in [1.54, 1.807) is 5.41 Å². The van der Waals surface area contributed by atoms with Crippen LogP contribution >= 0.6 is 11.8 Å². The Morgan fingerprint density at radius 1 is 0.964 bits per heavy atom. The maximum Gasteiger partial charge on any atom is 0.292 e. The van der Waals surface area contributed by atoms with Crippen molar-refractivity contribution in [2.45, 2.75) is 37.5 Å². The number of hydrogen-bond acceptors (Lipinski definition) is 5. The highest BCUT2D eigenvalue weighted by Crippen LogP contribution is 2.25. The average molecular weight is 394 g/mol. The summed E-state index contributed by atoms with van der Waals surface area (Å²) in [5.41, 5.74) is 4.27. The van der Waals surface area contributed by atoms with Crippen molar-refractivity contribution >= 4 is 23.5 Å². The van der Waals surface area contributed by atoms with Gasteiger partial charge in [-0.1, -0.05) is 66.4 Å². The number of carbonyl (C=O) groups is 2. The van der Waals surface area contributed by atoms with Crippen LogP contribution < -0.4 is 5.32 Å². The molecule has 0 saturated carbocycles. The minimum atomic E-state index is -0.731. The molecule has 28 heavy (non-hydrogen) atoms. The van der Waals surface area contributed by atoms with Gasteiger partial charge >= 0.3 is 0 Å². The fourth-order valence-corrected chi connectivity index (χ4v) is 4.03. The van der Waals surface area contributed by atoms with Gasteiger partial charge in [0.05, 0.1) is 6.42 Å². The van der Waals surface area contributed by atoms with Crippen molar-refractivity contribution in [1.82, 2.24) is 5.32 Å². The molecule has 3 rings (SSSR count). The first-order valence-electron chi connectivity index (χ1n) is 9.30. The molecular formula is C22H22N2O3S. The number of nitrogens with one attached hydrogen (secondary N) is 1. The van der Waals surface area contributed by atoms with Crippen LogP contribution in [0.15, 0.2) is 70.9 Å². The second-order valence-electron chi connectivity index (χ2n) is 6.70. The maximum absolute atomic E-state index is 12.3. The average Bonchev–Trinajstić information content (AvgIpc) is 3.20. The Bertz CT molecular complexity index is 863. The highest BCUT2D eigenvalue weighted by molar-refractivity contribution is 8.03. The van der Waals surface area contributed by atoms with Crippen molar-refractivity contribution in [3.8, 4) is 11.1 Å². The number of nitroso groups, excluding NO2 is 1. The van der Waals surface area contributed by atoms with Gasteiger partial charge in [-0.3, -0.25) is 9.59 Å². The van der Waals surface area contributed by atoms with Crippen LogP contribution in [0.4, 0.5) is 0 Å². The van der Waals surface area contributed by atoms with Crippen molar-refractivity contribution in [2.24, 2.45) is 5.18 Å². The van der Waals surface area contributed by atoms with E-state index in [0.717, 1.165) is 19.3 Å². The van der Waals surface area contributed by atoms with Gasteiger partial charge < -0.3 is 5.32 Å². The lowest BCUT2D eigenvalue weighted by atomic mass is 10.0. The van der Waals surface area contributed by atoms with Crippen LogP contribution in [0.25, 0.3) is 11.1 Å². The fourth-order valence-electron chi connectivity index (χ4n) is 3.08. The van der Waals surface area contributed by atoms with Crippen LogP contribution in [0.3, 0.4) is 0 Å². The zero-order valence-corrected chi connectivity index (χ0v) is 16.3. The lowest BCUT2D eigenvalue weighted by Gasteiger charge is -2.11. The van der Waals surface area contributed by atoms with Gasteiger partial charge in [-0.25, -0.2) is 0 Å². The molecule has 1 aliphatic rings. The van der Waals surface area contributed by atoms with Crippen LogP contribution in [0.5, 0.6) is 0 Å². The first kappa shape index (κ1) is 20.0. The number of carbonyl (C=O) groups excluding carboxylic acids is 2. The Kier molecular flexibility index (Phi) is 7.14. The van der Waals surface area contributed by atoms with Crippen LogP contribution in [-0.4, -0.2) is 17.1 Å². The highest BCUT2D eigenvalue weighted by atomic mass is 32.2. The van der Waals surface area contributed by atoms with Gasteiger partial charge in [-0.2, -0.15) is 0 Å². The topological polar surface area (TPSA) is 75.6 Å². The van der Waals surface area contributed by atoms with Gasteiger partial charge in [-0.05, 0) is 41.4 Å². The third kappa shape index (κ3) is 5.63. The van der Waals surface area contributed by atoms with Gasteiger partial charge in [0, 0.05) is 17.3 Å². The largest absolute Gasteiger partial charge is 0.369 e. The first-order chi connectivity index (χ1) is 13.7. The molecule has 0 saturated heterocycles. The number of benzene rings is 2. The van der Waals surface area contributed by atoms with Gasteiger partial charge in [-0.15, -0.1) is 4.91 Å². The number of ketones is 1. The quantitative estimate of drug-likeness (QED) is 0.487. The van der Waals surface area contributed by atoms with E-state index >= 15 is 0 Å². The molecule has 0 bridgehead atoms. The molecule has 6 heteroatoms. The Labute approximate surface area is 168 Å². The Hall–Kier alpha value is -2.73. The summed E-state index contributed by atoms with van der Waals surface area (Å²) in [5.74, 6) is -0.618. The lowest BCUT2D eigenvalue weighted by molar-refractivity contribution is -0.119. The second-order valence-corrected chi connectivity index (χ2v) is 7.68. The van der Waals surface area contributed by atoms with E-state index in [-0.39, 0.29) is 17.6 Å². The van der Waals surface area contributed by atoms with Crippen molar-refractivity contribution in [1.29, 1.82) is 0 Å². The summed E-state index contributed by atoms with van der Waals surface area (Å²) < 4.78 is 0. The van der Waals surface area contributed by atoms with E-state index in [9.17, 15) is 14.5 Å². The molecule has 144 valence electrons. The van der Waals surface area contributed by atoms with Crippen LogP contribution in [0.2, 0.25) is 0 Å². The number of Topliss-reactive ketones (excluding diaryl/α,β-unsaturated/α-hetero) is 1. The molecular weight excluding hydrogens is 372 g/mol. The van der Waals surface area contributed by atoms with Crippen molar-refractivity contribution in [2.75, 3.05) is 0 Å². The summed E-state index contributed by atoms with van der Waals surface area (Å²) in [6, 6.07) is 18.8. The number of hydrogen-bond donors (Lipinski definition) is 1. The Balaban J connectivity index is 1.37. The molecule has 0 aliphatic carbocycles. The number of thioether (sulfide) groups is 1. The molecule has 1 atom stereocenters. The SMILES string of the molecule is O=NC(=O)CC1=CSC(C(=O)CCCCc2ccc(-c3ccccc3)cc2)N1. The van der Waals surface area contributed by atoms with Gasteiger partial charge in [0.1, 0.15) is 5.37 Å². The molecule has 1 unspecified atom stereocenters. The van der Waals surface area contributed by atoms with Crippen molar-refractivity contribution < 1.29 is 9.59 Å². The van der Waals surface area contributed by atoms with Gasteiger partial charge in [0.2, 0.25) is 0 Å². The van der Waals surface area contributed by atoms with E-state index in [4.69, 9.17) is 0 Å². The Morgan fingerprint density at radius 2 is 1.68 bits per heavy atom. The minimum Gasteiger partial charge on any atom is -0.369 e. The summed E-state index contributed by atoms with van der Waals surface area (Å²) in [6.07, 6.45) is 3.13. The number of rotatable bonds is 9. The third-order valence-corrected chi connectivity index (χ3v) is 5.67. The molecule has 0 aromatic heterocycles. The predicted octanol–water partition coefficient (Wildman–Crippen LogP) is 4.82. The molecule has 1 N–H and O–H groups in total. The Morgan fingerprint density at radius 3 is 2.39 bits per heavy atom. The minimum absolute atomic E-state index is 0.0702. The van der Waals surface area contributed by atoms with Gasteiger partial charge in [0.25, 0.3) is 5.91 Å². The highest BCUT2D eigenvalue weighted by Gasteiger charge is 2.24. The van der Waals surface area contributed by atoms with Gasteiger partial charge in [0.15, 0.2) is 5.78 Å². The zero-order chi connectivity index (χ0) is 19.8. The third-order valence-electron chi connectivity index (χ3n) is 4.60. The molecule has 0 spiro atoms. The maximum atomic E-state index is 12.3. The van der Waals surface area contributed by atoms with Crippen molar-refractivity contribution in [3.63, 3.8) is 0 Å². The summed E-state index contributed by atoms with van der Waals surface area (Å²) in [4.78, 5) is 33.5. The molecule has 2 aromatic rings. The summed E-state index contributed by atoms with van der Waals surface area (Å²) in [6.45, 7) is 0. The van der Waals surface area contributed by atoms with Crippen LogP contribution in [0, 0.1) is 4.91 Å². The van der Waals surface area contributed by atoms with E-state index in [1.165, 1.54) is 28.5 Å². The number of amides is 1. The predicted molar refractivity (Wildman–Crippen MR) is 112 cm³/mol. The summed E-state index contributed by atoms with van der Waals surface area (Å²) in [5, 5.41) is 6.72. The van der Waals surface area contributed by atoms with Crippen LogP contribution in [0.1, 0.15) is 31.2 Å². The standard InChI is InChI=1S/C22H22N2O3S/c25-20(22-23-19(15-28-22)14-21(26)24-27)9-5-4-6-16-10-12-18(13-11-16)17-7-2-1-3-8-17/h1-3,7-8,10-13,15,22-23H,4-6,9,14H2. The molecule has 5 nitrogen and oxygen atoms in total. The monoisotopic (exact) mass is 394 g/mol. The van der Waals surface area contributed by atoms with E-state index in [0.29, 0.717) is 12.1 Å². The zero-order valence-electron chi connectivity index (χ0n) is 15.5. The number of aryl methyl sites for hydroxylation is 1. The first-order valence-corrected chi connectivity index (χ1v) is 10.2. The van der Waals surface area contributed by atoms with E-state index < -0.39 is 5.91 Å². The van der Waals surface area contributed by atoms with Crippen LogP contribution in [-0.2, 0) is 16.0 Å². The van der Waals surface area contributed by atoms with E-state index in [2.05, 4.69) is 46.9 Å². The van der Waals surface area contributed by atoms with E-state index in [1.807, 2.05) is 18.2 Å². The fraction of sp³-hybridized carbons (Fsp3) is 0.273. The normalized spacial score (nSPS) is 15.6. The summed E-state index contributed by atoms with van der Waals surface area (Å²) >= 11 is 1.35. The number of nitrogens with zero attached hydrogens (tertiary/aromatic N) is 1. The second kappa shape index (κ2) is 9.99. The molecule has 1 amide bonds. The molecule has 0 fully saturated rings. The smallest absolute Gasteiger partial charge is 0.292 e. The molecule has 1 heterocycles. The van der Waals surface area contributed by atoms with Crippen molar-refractivity contribution in [3.05, 3.63) is 76.2 Å². The molecule has 0 radical (unpaired) electrons.